The first-order valence-electron chi connectivity index (χ1n) is 5.45. The minimum atomic E-state index is -0.532. The Balaban J connectivity index is 2.06. The predicted octanol–water partition coefficient (Wildman–Crippen LogP) is 0.928. The molecule has 2 rings (SSSR count). The highest BCUT2D eigenvalue weighted by atomic mass is 19.1. The van der Waals surface area contributed by atoms with Gasteiger partial charge in [0.15, 0.2) is 5.69 Å². The number of hydrogen-bond donors (Lipinski definition) is 1. The van der Waals surface area contributed by atoms with Crippen LogP contribution in [0.15, 0.2) is 15.7 Å². The summed E-state index contributed by atoms with van der Waals surface area (Å²) < 4.78 is 19.4. The van der Waals surface area contributed by atoms with E-state index in [1.54, 1.807) is 13.8 Å². The molecule has 0 spiro atoms. The first kappa shape index (κ1) is 12.9. The van der Waals surface area contributed by atoms with Gasteiger partial charge in [0.1, 0.15) is 5.76 Å². The maximum Gasteiger partial charge on any atom is 0.293 e. The van der Waals surface area contributed by atoms with Crippen LogP contribution in [0.1, 0.15) is 27.5 Å². The molecular formula is C11H12FN5O2. The minimum Gasteiger partial charge on any atom is -0.361 e. The number of rotatable bonds is 3. The number of carbonyl (C=O) groups is 1. The maximum absolute atomic E-state index is 13.5. The molecule has 2 aromatic heterocycles. The summed E-state index contributed by atoms with van der Waals surface area (Å²) in [4.78, 5) is 11.6. The van der Waals surface area contributed by atoms with E-state index >= 15 is 0 Å². The summed E-state index contributed by atoms with van der Waals surface area (Å²) >= 11 is 0. The molecule has 0 saturated carbocycles. The summed E-state index contributed by atoms with van der Waals surface area (Å²) in [5, 5.41) is 11.1. The van der Waals surface area contributed by atoms with E-state index in [2.05, 4.69) is 20.8 Å². The molecule has 8 heteroatoms. The Hall–Kier alpha value is -2.51. The molecule has 0 unspecified atom stereocenters. The fourth-order valence-corrected chi connectivity index (χ4v) is 1.48. The highest BCUT2D eigenvalue weighted by molar-refractivity contribution is 5.93. The first-order valence-corrected chi connectivity index (χ1v) is 5.45. The van der Waals surface area contributed by atoms with Crippen LogP contribution in [0.5, 0.6) is 0 Å². The van der Waals surface area contributed by atoms with E-state index in [1.807, 2.05) is 0 Å². The van der Waals surface area contributed by atoms with Gasteiger partial charge in [-0.2, -0.15) is 14.6 Å². The summed E-state index contributed by atoms with van der Waals surface area (Å²) in [6.45, 7) is 3.31. The van der Waals surface area contributed by atoms with E-state index in [4.69, 9.17) is 4.52 Å². The third-order valence-electron chi connectivity index (χ3n) is 2.42. The van der Waals surface area contributed by atoms with Gasteiger partial charge in [-0.1, -0.05) is 5.16 Å². The molecule has 0 aliphatic heterocycles. The number of aromatic nitrogens is 3. The molecule has 0 atom stereocenters. The zero-order valence-corrected chi connectivity index (χ0v) is 10.6. The number of hydrazone groups is 1. The third-order valence-corrected chi connectivity index (χ3v) is 2.42. The van der Waals surface area contributed by atoms with E-state index in [9.17, 15) is 9.18 Å². The number of amides is 1. The lowest BCUT2D eigenvalue weighted by Gasteiger charge is -1.94. The van der Waals surface area contributed by atoms with Crippen LogP contribution in [-0.2, 0) is 7.05 Å². The molecule has 0 aliphatic rings. The SMILES string of the molecule is Cc1cc(C(=O)N/N=C\c2c(C)nn(C)c2F)no1. The summed E-state index contributed by atoms with van der Waals surface area (Å²) in [7, 11) is 1.48. The Morgan fingerprint density at radius 3 is 2.84 bits per heavy atom. The van der Waals surface area contributed by atoms with E-state index < -0.39 is 11.9 Å². The van der Waals surface area contributed by atoms with E-state index in [-0.39, 0.29) is 11.3 Å². The van der Waals surface area contributed by atoms with Crippen LogP contribution >= 0.6 is 0 Å². The lowest BCUT2D eigenvalue weighted by Crippen LogP contribution is -2.18. The van der Waals surface area contributed by atoms with Gasteiger partial charge < -0.3 is 4.52 Å². The van der Waals surface area contributed by atoms with Gasteiger partial charge in [0.05, 0.1) is 17.5 Å². The summed E-state index contributed by atoms with van der Waals surface area (Å²) in [5.41, 5.74) is 3.04. The Bertz CT molecular complexity index is 644. The number of aryl methyl sites for hydroxylation is 3. The largest absolute Gasteiger partial charge is 0.361 e. The van der Waals surface area contributed by atoms with Gasteiger partial charge >= 0.3 is 0 Å². The van der Waals surface area contributed by atoms with Gasteiger partial charge in [-0.15, -0.1) is 0 Å². The lowest BCUT2D eigenvalue weighted by molar-refractivity contribution is 0.0946. The zero-order valence-electron chi connectivity index (χ0n) is 10.6. The Labute approximate surface area is 108 Å². The third kappa shape index (κ3) is 2.67. The van der Waals surface area contributed by atoms with Crippen LogP contribution < -0.4 is 5.43 Å². The molecule has 0 saturated heterocycles. The maximum atomic E-state index is 13.5. The topological polar surface area (TPSA) is 85.3 Å². The van der Waals surface area contributed by atoms with Gasteiger partial charge in [-0.25, -0.2) is 10.1 Å². The van der Waals surface area contributed by atoms with Crippen LogP contribution in [-0.4, -0.2) is 27.1 Å². The smallest absolute Gasteiger partial charge is 0.293 e. The molecule has 19 heavy (non-hydrogen) atoms. The van der Waals surface area contributed by atoms with Gasteiger partial charge in [-0.05, 0) is 13.8 Å². The molecule has 2 heterocycles. The van der Waals surface area contributed by atoms with Crippen LogP contribution in [0.2, 0.25) is 0 Å². The molecule has 0 radical (unpaired) electrons. The fraction of sp³-hybridized carbons (Fsp3) is 0.273. The van der Waals surface area contributed by atoms with Crippen LogP contribution in [0, 0.1) is 19.8 Å². The number of nitrogens with one attached hydrogen (secondary N) is 1. The Morgan fingerprint density at radius 2 is 2.32 bits per heavy atom. The van der Waals surface area contributed by atoms with Crippen molar-refractivity contribution in [1.82, 2.24) is 20.4 Å². The van der Waals surface area contributed by atoms with Crippen molar-refractivity contribution < 1.29 is 13.7 Å². The minimum absolute atomic E-state index is 0.109. The molecule has 1 N–H and O–H groups in total. The molecular weight excluding hydrogens is 253 g/mol. The Kier molecular flexibility index (Phi) is 3.41. The number of hydrogen-bond acceptors (Lipinski definition) is 5. The quantitative estimate of drug-likeness (QED) is 0.660. The second-order valence-electron chi connectivity index (χ2n) is 3.94. The van der Waals surface area contributed by atoms with Gasteiger partial charge in [-0.3, -0.25) is 4.79 Å². The number of halogens is 1. The van der Waals surface area contributed by atoms with Crippen molar-refractivity contribution in [3.8, 4) is 0 Å². The normalized spacial score (nSPS) is 11.2. The van der Waals surface area contributed by atoms with Crippen molar-refractivity contribution in [1.29, 1.82) is 0 Å². The highest BCUT2D eigenvalue weighted by Crippen LogP contribution is 2.07. The average molecular weight is 265 g/mol. The van der Waals surface area contributed by atoms with Gasteiger partial charge in [0.25, 0.3) is 5.91 Å². The predicted molar refractivity (Wildman–Crippen MR) is 64.2 cm³/mol. The molecule has 0 aromatic carbocycles. The van der Waals surface area contributed by atoms with Crippen molar-refractivity contribution in [3.63, 3.8) is 0 Å². The van der Waals surface area contributed by atoms with Crippen LogP contribution in [0.4, 0.5) is 4.39 Å². The summed E-state index contributed by atoms with van der Waals surface area (Å²) in [6, 6.07) is 1.47. The molecule has 100 valence electrons. The summed E-state index contributed by atoms with van der Waals surface area (Å²) in [6.07, 6.45) is 1.20. The second kappa shape index (κ2) is 5.01. The van der Waals surface area contributed by atoms with Crippen molar-refractivity contribution >= 4 is 12.1 Å². The van der Waals surface area contributed by atoms with Crippen LogP contribution in [0.25, 0.3) is 0 Å². The van der Waals surface area contributed by atoms with E-state index in [1.165, 1.54) is 19.3 Å². The standard InChI is InChI=1S/C11H12FN5O2/c1-6-4-9(16-19-6)11(18)14-13-5-8-7(2)15-17(3)10(8)12/h4-5H,1-3H3,(H,14,18)/b13-5-. The van der Waals surface area contributed by atoms with Gasteiger partial charge in [0.2, 0.25) is 5.95 Å². The van der Waals surface area contributed by atoms with Crippen molar-refractivity contribution in [2.75, 3.05) is 0 Å². The number of carbonyl (C=O) groups excluding carboxylic acids is 1. The van der Waals surface area contributed by atoms with Crippen molar-refractivity contribution in [2.24, 2.45) is 12.1 Å². The molecule has 0 fully saturated rings. The molecule has 2 aromatic rings. The Morgan fingerprint density at radius 1 is 1.58 bits per heavy atom. The molecule has 0 aliphatic carbocycles. The first-order chi connectivity index (χ1) is 8.99. The zero-order chi connectivity index (χ0) is 14.0. The lowest BCUT2D eigenvalue weighted by atomic mass is 10.3. The van der Waals surface area contributed by atoms with E-state index in [0.29, 0.717) is 11.5 Å². The van der Waals surface area contributed by atoms with Crippen LogP contribution in [0.3, 0.4) is 0 Å². The van der Waals surface area contributed by atoms with Crippen molar-refractivity contribution in [2.45, 2.75) is 13.8 Å². The second-order valence-corrected chi connectivity index (χ2v) is 3.94. The van der Waals surface area contributed by atoms with Gasteiger partial charge in [0, 0.05) is 13.1 Å². The fourth-order valence-electron chi connectivity index (χ4n) is 1.48. The van der Waals surface area contributed by atoms with Crippen molar-refractivity contribution in [3.05, 3.63) is 34.7 Å². The number of nitrogens with zero attached hydrogens (tertiary/aromatic N) is 4. The molecule has 0 bridgehead atoms. The average Bonchev–Trinajstić information content (AvgIpc) is 2.88. The molecule has 1 amide bonds. The highest BCUT2D eigenvalue weighted by Gasteiger charge is 2.12. The monoisotopic (exact) mass is 265 g/mol. The summed E-state index contributed by atoms with van der Waals surface area (Å²) in [5.74, 6) is -0.536. The molecule has 7 nitrogen and oxygen atoms in total. The van der Waals surface area contributed by atoms with E-state index in [0.717, 1.165) is 4.68 Å².